The number of ether oxygens (including phenoxy) is 3. The molecule has 0 heterocycles. The lowest BCUT2D eigenvalue weighted by Gasteiger charge is -2.32. The second kappa shape index (κ2) is 8.39. The van der Waals surface area contributed by atoms with E-state index in [0.29, 0.717) is 0 Å². The van der Waals surface area contributed by atoms with Crippen LogP contribution in [0.2, 0.25) is 0 Å². The normalized spacial score (nSPS) is 17.4. The summed E-state index contributed by atoms with van der Waals surface area (Å²) in [6, 6.07) is 0. The van der Waals surface area contributed by atoms with Crippen LogP contribution in [0, 0.1) is 0 Å². The van der Waals surface area contributed by atoms with Gasteiger partial charge in [0.1, 0.15) is 12.7 Å². The molecule has 2 N–H and O–H groups in total. The lowest BCUT2D eigenvalue weighted by Crippen LogP contribution is -2.56. The van der Waals surface area contributed by atoms with Gasteiger partial charge in [-0.25, -0.2) is 0 Å². The Bertz CT molecular complexity index is 434. The minimum absolute atomic E-state index is 0.588. The van der Waals surface area contributed by atoms with Gasteiger partial charge >= 0.3 is 23.8 Å². The molecule has 0 unspecified atom stereocenters. The van der Waals surface area contributed by atoms with Crippen molar-refractivity contribution in [2.75, 3.05) is 6.61 Å². The van der Waals surface area contributed by atoms with Crippen LogP contribution >= 0.6 is 0 Å². The first-order chi connectivity index (χ1) is 10.0. The molecule has 0 aliphatic carbocycles. The number of halogens is 1. The average molecular weight is 324 g/mol. The molecule has 10 heteroatoms. The highest BCUT2D eigenvalue weighted by Gasteiger charge is 2.49. The maximum absolute atomic E-state index is 13.8. The van der Waals surface area contributed by atoms with E-state index < -0.39 is 55.0 Å². The molecule has 0 rings (SSSR count). The molecule has 4 atom stereocenters. The van der Waals surface area contributed by atoms with Gasteiger partial charge in [-0.1, -0.05) is 0 Å². The van der Waals surface area contributed by atoms with Crippen LogP contribution in [-0.4, -0.2) is 65.2 Å². The summed E-state index contributed by atoms with van der Waals surface area (Å²) < 4.78 is 27.3. The quantitative estimate of drug-likeness (QED) is 0.315. The van der Waals surface area contributed by atoms with Crippen LogP contribution in [-0.2, 0) is 33.4 Å². The molecular formula is C12H17FO9. The number of carbonyl (C=O) groups excluding carboxylic acids is 4. The Morgan fingerprint density at radius 2 is 1.64 bits per heavy atom. The topological polar surface area (TPSA) is 136 Å². The van der Waals surface area contributed by atoms with Crippen LogP contribution in [0.3, 0.4) is 0 Å². The Morgan fingerprint density at radius 1 is 1.14 bits per heavy atom. The van der Waals surface area contributed by atoms with Crippen LogP contribution < -0.4 is 0 Å². The fraction of sp³-hybridized carbons (Fsp3) is 0.667. The standard InChI is InChI=1S/C12H17FO9/c1-6(15)20-4-9(18)10(21-7(2)16)11(22-8(3)17)12(13,19)5-14/h5,9-11,18-19H,4H2,1-3H3/t9-,10-,11+,12+/m1/s1. The lowest BCUT2D eigenvalue weighted by atomic mass is 10.0. The van der Waals surface area contributed by atoms with Crippen molar-refractivity contribution < 1.29 is 48.0 Å². The van der Waals surface area contributed by atoms with Crippen molar-refractivity contribution in [2.45, 2.75) is 44.9 Å². The zero-order valence-corrected chi connectivity index (χ0v) is 12.1. The molecule has 0 aromatic carbocycles. The number of aliphatic hydroxyl groups is 2. The Morgan fingerprint density at radius 3 is 2.00 bits per heavy atom. The van der Waals surface area contributed by atoms with Crippen molar-refractivity contribution in [1.82, 2.24) is 0 Å². The Balaban J connectivity index is 5.44. The minimum Gasteiger partial charge on any atom is -0.463 e. The molecule has 0 aromatic heterocycles. The molecule has 0 amide bonds. The monoisotopic (exact) mass is 324 g/mol. The zero-order chi connectivity index (χ0) is 17.5. The Hall–Kier alpha value is -2.07. The van der Waals surface area contributed by atoms with E-state index in [-0.39, 0.29) is 0 Å². The third kappa shape index (κ3) is 6.59. The molecule has 0 saturated carbocycles. The van der Waals surface area contributed by atoms with Gasteiger partial charge in [-0.3, -0.25) is 19.2 Å². The van der Waals surface area contributed by atoms with Crippen LogP contribution in [0.4, 0.5) is 4.39 Å². The van der Waals surface area contributed by atoms with Crippen LogP contribution in [0.5, 0.6) is 0 Å². The summed E-state index contributed by atoms with van der Waals surface area (Å²) >= 11 is 0. The van der Waals surface area contributed by atoms with E-state index in [1.807, 2.05) is 0 Å². The number of aldehydes is 1. The number of carbonyl (C=O) groups is 4. The molecule has 126 valence electrons. The summed E-state index contributed by atoms with van der Waals surface area (Å²) in [5.41, 5.74) is 0. The smallest absolute Gasteiger partial charge is 0.304 e. The average Bonchev–Trinajstić information content (AvgIpc) is 2.39. The van der Waals surface area contributed by atoms with Crippen LogP contribution in [0.1, 0.15) is 20.8 Å². The molecule has 0 fully saturated rings. The SMILES string of the molecule is CC(=O)OC[C@@H](O)[C@@H](OC(C)=O)[C@H](OC(C)=O)[C@](O)(F)C=O. The fourth-order valence-electron chi connectivity index (χ4n) is 1.46. The molecule has 0 spiro atoms. The van der Waals surface area contributed by atoms with E-state index in [2.05, 4.69) is 14.2 Å². The number of hydrogen-bond donors (Lipinski definition) is 2. The lowest BCUT2D eigenvalue weighted by molar-refractivity contribution is -0.227. The molecule has 0 radical (unpaired) electrons. The number of esters is 3. The van der Waals surface area contributed by atoms with Crippen molar-refractivity contribution in [3.05, 3.63) is 0 Å². The minimum atomic E-state index is -3.73. The van der Waals surface area contributed by atoms with E-state index in [0.717, 1.165) is 20.8 Å². The van der Waals surface area contributed by atoms with Gasteiger partial charge in [0.15, 0.2) is 12.4 Å². The number of aliphatic hydroxyl groups excluding tert-OH is 1. The first-order valence-electron chi connectivity index (χ1n) is 6.04. The predicted molar refractivity (Wildman–Crippen MR) is 65.9 cm³/mol. The molecular weight excluding hydrogens is 307 g/mol. The highest BCUT2D eigenvalue weighted by molar-refractivity contribution is 5.69. The summed E-state index contributed by atoms with van der Waals surface area (Å²) in [5.74, 6) is -6.66. The molecule has 22 heavy (non-hydrogen) atoms. The highest BCUT2D eigenvalue weighted by Crippen LogP contribution is 2.22. The fourth-order valence-corrected chi connectivity index (χ4v) is 1.46. The van der Waals surface area contributed by atoms with E-state index >= 15 is 0 Å². The third-order valence-corrected chi connectivity index (χ3v) is 2.29. The Labute approximate surface area is 124 Å². The number of alkyl halides is 1. The third-order valence-electron chi connectivity index (χ3n) is 2.29. The van der Waals surface area contributed by atoms with Gasteiger partial charge in [0.25, 0.3) is 0 Å². The molecule has 9 nitrogen and oxygen atoms in total. The summed E-state index contributed by atoms with van der Waals surface area (Å²) in [5, 5.41) is 19.1. The van der Waals surface area contributed by atoms with Gasteiger partial charge in [0, 0.05) is 20.8 Å². The van der Waals surface area contributed by atoms with E-state index in [1.54, 1.807) is 0 Å². The van der Waals surface area contributed by atoms with Crippen LogP contribution in [0.15, 0.2) is 0 Å². The first kappa shape index (κ1) is 19.9. The summed E-state index contributed by atoms with van der Waals surface area (Å²) in [6.45, 7) is 2.01. The van der Waals surface area contributed by atoms with Crippen molar-refractivity contribution in [1.29, 1.82) is 0 Å². The summed E-state index contributed by atoms with van der Waals surface area (Å²) in [4.78, 5) is 43.3. The number of hydrogen-bond acceptors (Lipinski definition) is 9. The van der Waals surface area contributed by atoms with Crippen molar-refractivity contribution >= 4 is 24.2 Å². The van der Waals surface area contributed by atoms with Gasteiger partial charge in [-0.05, 0) is 0 Å². The Kier molecular flexibility index (Phi) is 7.60. The van der Waals surface area contributed by atoms with E-state index in [1.165, 1.54) is 0 Å². The van der Waals surface area contributed by atoms with Crippen molar-refractivity contribution in [3.63, 3.8) is 0 Å². The van der Waals surface area contributed by atoms with Crippen molar-refractivity contribution in [2.24, 2.45) is 0 Å². The van der Waals surface area contributed by atoms with Gasteiger partial charge in [0.05, 0.1) is 0 Å². The highest BCUT2D eigenvalue weighted by atomic mass is 19.2. The summed E-state index contributed by atoms with van der Waals surface area (Å²) in [7, 11) is 0. The molecule has 0 saturated heterocycles. The summed E-state index contributed by atoms with van der Waals surface area (Å²) in [6.07, 6.45) is -6.78. The zero-order valence-electron chi connectivity index (χ0n) is 12.1. The maximum Gasteiger partial charge on any atom is 0.304 e. The molecule has 0 aromatic rings. The van der Waals surface area contributed by atoms with E-state index in [9.17, 15) is 33.8 Å². The second-order valence-corrected chi connectivity index (χ2v) is 4.32. The molecule has 0 aliphatic rings. The van der Waals surface area contributed by atoms with Gasteiger partial charge < -0.3 is 24.4 Å². The molecule has 0 bridgehead atoms. The van der Waals surface area contributed by atoms with Gasteiger partial charge in [0.2, 0.25) is 6.10 Å². The predicted octanol–water partition coefficient (Wildman–Crippen LogP) is -1.37. The number of rotatable bonds is 8. The largest absolute Gasteiger partial charge is 0.463 e. The van der Waals surface area contributed by atoms with E-state index in [4.69, 9.17) is 0 Å². The maximum atomic E-state index is 13.8. The van der Waals surface area contributed by atoms with Gasteiger partial charge in [-0.2, -0.15) is 4.39 Å². The second-order valence-electron chi connectivity index (χ2n) is 4.32. The van der Waals surface area contributed by atoms with Crippen molar-refractivity contribution in [3.8, 4) is 0 Å². The first-order valence-corrected chi connectivity index (χ1v) is 6.04. The van der Waals surface area contributed by atoms with Gasteiger partial charge in [-0.15, -0.1) is 0 Å². The van der Waals surface area contributed by atoms with Crippen LogP contribution in [0.25, 0.3) is 0 Å². The molecule has 0 aliphatic heterocycles.